The first-order valence-electron chi connectivity index (χ1n) is 7.72. The van der Waals surface area contributed by atoms with Gasteiger partial charge in [-0.2, -0.15) is 0 Å². The number of fused-ring (bicyclic) bond motifs is 1. The van der Waals surface area contributed by atoms with Crippen LogP contribution in [-0.2, 0) is 16.2 Å². The second kappa shape index (κ2) is 7.46. The molecule has 0 N–H and O–H groups in total. The number of halogens is 1. The fraction of sp³-hybridized carbons (Fsp3) is 0.500. The highest BCUT2D eigenvalue weighted by Gasteiger charge is 2.18. The van der Waals surface area contributed by atoms with Gasteiger partial charge in [-0.25, -0.2) is 9.78 Å². The van der Waals surface area contributed by atoms with Crippen molar-refractivity contribution in [3.05, 3.63) is 29.0 Å². The van der Waals surface area contributed by atoms with Crippen LogP contribution in [0.15, 0.2) is 18.2 Å². The molecule has 0 amide bonds. The molecular formula is C16H23ClN2O3Si. The highest BCUT2D eigenvalue weighted by Crippen LogP contribution is 2.21. The number of carbonyl (C=O) groups excluding carboxylic acids is 1. The summed E-state index contributed by atoms with van der Waals surface area (Å²) in [6, 6.07) is 6.32. The molecule has 2 aromatic heterocycles. The van der Waals surface area contributed by atoms with Gasteiger partial charge >= 0.3 is 5.97 Å². The van der Waals surface area contributed by atoms with Gasteiger partial charge < -0.3 is 14.0 Å². The Morgan fingerprint density at radius 1 is 1.35 bits per heavy atom. The molecule has 0 radical (unpaired) electrons. The SMILES string of the molecule is CCOC(=O)c1cc2nc(Cl)ccc2n1COCC[Si](C)(C)C. The van der Waals surface area contributed by atoms with E-state index in [1.807, 2.05) is 6.07 Å². The molecule has 2 heterocycles. The van der Waals surface area contributed by atoms with Crippen LogP contribution in [0.3, 0.4) is 0 Å². The van der Waals surface area contributed by atoms with Crippen molar-refractivity contribution >= 4 is 36.7 Å². The molecule has 0 bridgehead atoms. The summed E-state index contributed by atoms with van der Waals surface area (Å²) in [6.07, 6.45) is 0. The van der Waals surface area contributed by atoms with Crippen LogP contribution in [0.4, 0.5) is 0 Å². The zero-order valence-electron chi connectivity index (χ0n) is 14.1. The summed E-state index contributed by atoms with van der Waals surface area (Å²) in [5.74, 6) is -0.379. The van der Waals surface area contributed by atoms with Crippen molar-refractivity contribution in [2.45, 2.75) is 39.3 Å². The van der Waals surface area contributed by atoms with E-state index in [-0.39, 0.29) is 5.97 Å². The van der Waals surface area contributed by atoms with E-state index < -0.39 is 8.07 Å². The third-order valence-electron chi connectivity index (χ3n) is 3.42. The number of hydrogen-bond acceptors (Lipinski definition) is 4. The summed E-state index contributed by atoms with van der Waals surface area (Å²) in [7, 11) is -1.14. The molecule has 2 rings (SSSR count). The normalized spacial score (nSPS) is 11.9. The van der Waals surface area contributed by atoms with Gasteiger partial charge in [0, 0.05) is 14.7 Å². The molecule has 5 nitrogen and oxygen atoms in total. The lowest BCUT2D eigenvalue weighted by atomic mass is 10.4. The second-order valence-corrected chi connectivity index (χ2v) is 12.6. The maximum Gasteiger partial charge on any atom is 0.355 e. The minimum atomic E-state index is -1.14. The summed E-state index contributed by atoms with van der Waals surface area (Å²) in [4.78, 5) is 16.4. The average Bonchev–Trinajstić information content (AvgIpc) is 2.80. The molecule has 0 saturated carbocycles. The zero-order valence-corrected chi connectivity index (χ0v) is 15.8. The fourth-order valence-electron chi connectivity index (χ4n) is 2.16. The third kappa shape index (κ3) is 4.80. The molecule has 0 unspecified atom stereocenters. The topological polar surface area (TPSA) is 53.3 Å². The predicted octanol–water partition coefficient (Wildman–Crippen LogP) is 4.18. The van der Waals surface area contributed by atoms with E-state index in [4.69, 9.17) is 21.1 Å². The standard InChI is InChI=1S/C16H23ClN2O3Si/c1-5-22-16(20)14-10-12-13(6-7-15(17)18-12)19(14)11-21-8-9-23(2,3)4/h6-7,10H,5,8-9,11H2,1-4H3. The van der Waals surface area contributed by atoms with E-state index in [0.29, 0.717) is 36.3 Å². The maximum absolute atomic E-state index is 12.2. The predicted molar refractivity (Wildman–Crippen MR) is 94.8 cm³/mol. The van der Waals surface area contributed by atoms with Crippen LogP contribution in [0.1, 0.15) is 17.4 Å². The Balaban J connectivity index is 2.24. The van der Waals surface area contributed by atoms with Crippen molar-refractivity contribution in [3.8, 4) is 0 Å². The Morgan fingerprint density at radius 3 is 2.74 bits per heavy atom. The molecular weight excluding hydrogens is 332 g/mol. The second-order valence-electron chi connectivity index (χ2n) is 6.56. The highest BCUT2D eigenvalue weighted by molar-refractivity contribution is 6.76. The summed E-state index contributed by atoms with van der Waals surface area (Å²) in [6.45, 7) is 9.99. The van der Waals surface area contributed by atoms with Crippen molar-refractivity contribution in [2.24, 2.45) is 0 Å². The summed E-state index contributed by atoms with van der Waals surface area (Å²) in [5.41, 5.74) is 1.91. The van der Waals surface area contributed by atoms with Crippen LogP contribution in [0.2, 0.25) is 30.8 Å². The van der Waals surface area contributed by atoms with Gasteiger partial charge in [0.2, 0.25) is 0 Å². The molecule has 0 atom stereocenters. The Morgan fingerprint density at radius 2 is 2.09 bits per heavy atom. The minimum Gasteiger partial charge on any atom is -0.461 e. The van der Waals surface area contributed by atoms with Gasteiger partial charge in [-0.1, -0.05) is 31.2 Å². The number of ether oxygens (including phenoxy) is 2. The zero-order chi connectivity index (χ0) is 17.0. The third-order valence-corrected chi connectivity index (χ3v) is 5.34. The average molecular weight is 355 g/mol. The quantitative estimate of drug-likeness (QED) is 0.324. The van der Waals surface area contributed by atoms with E-state index in [9.17, 15) is 4.79 Å². The number of rotatable bonds is 7. The lowest BCUT2D eigenvalue weighted by molar-refractivity contribution is 0.0478. The smallest absolute Gasteiger partial charge is 0.355 e. The lowest BCUT2D eigenvalue weighted by Gasteiger charge is -2.16. The molecule has 0 aliphatic rings. The van der Waals surface area contributed by atoms with Crippen molar-refractivity contribution in [2.75, 3.05) is 13.2 Å². The largest absolute Gasteiger partial charge is 0.461 e. The Hall–Kier alpha value is -1.37. The first-order chi connectivity index (χ1) is 10.8. The molecule has 126 valence electrons. The van der Waals surface area contributed by atoms with Gasteiger partial charge in [0.1, 0.15) is 17.6 Å². The van der Waals surface area contributed by atoms with Crippen LogP contribution in [0.5, 0.6) is 0 Å². The van der Waals surface area contributed by atoms with E-state index in [2.05, 4.69) is 24.6 Å². The first-order valence-corrected chi connectivity index (χ1v) is 11.8. The van der Waals surface area contributed by atoms with Crippen LogP contribution in [0.25, 0.3) is 11.0 Å². The van der Waals surface area contributed by atoms with Gasteiger partial charge in [-0.15, -0.1) is 0 Å². The molecule has 0 spiro atoms. The van der Waals surface area contributed by atoms with E-state index >= 15 is 0 Å². The number of hydrogen-bond donors (Lipinski definition) is 0. The van der Waals surface area contributed by atoms with Gasteiger partial charge in [0.25, 0.3) is 0 Å². The van der Waals surface area contributed by atoms with Crippen LogP contribution < -0.4 is 0 Å². The summed E-state index contributed by atoms with van der Waals surface area (Å²) < 4.78 is 12.7. The molecule has 7 heteroatoms. The van der Waals surface area contributed by atoms with Crippen LogP contribution >= 0.6 is 11.6 Å². The lowest BCUT2D eigenvalue weighted by Crippen LogP contribution is -2.22. The first kappa shape index (κ1) is 18.0. The van der Waals surface area contributed by atoms with E-state index in [0.717, 1.165) is 11.6 Å². The molecule has 23 heavy (non-hydrogen) atoms. The molecule has 0 aromatic carbocycles. The number of nitrogens with zero attached hydrogens (tertiary/aromatic N) is 2. The van der Waals surface area contributed by atoms with Gasteiger partial charge in [-0.3, -0.25) is 0 Å². The Bertz CT molecular complexity index is 694. The monoisotopic (exact) mass is 354 g/mol. The molecule has 0 fully saturated rings. The Kier molecular flexibility index (Phi) is 5.83. The van der Waals surface area contributed by atoms with Gasteiger partial charge in [0.15, 0.2) is 0 Å². The molecule has 0 aliphatic heterocycles. The van der Waals surface area contributed by atoms with Gasteiger partial charge in [0.05, 0.1) is 17.6 Å². The summed E-state index contributed by atoms with van der Waals surface area (Å²) in [5, 5.41) is 0.393. The van der Waals surface area contributed by atoms with Crippen molar-refractivity contribution in [3.63, 3.8) is 0 Å². The molecule has 0 aliphatic carbocycles. The van der Waals surface area contributed by atoms with Crippen molar-refractivity contribution in [1.82, 2.24) is 9.55 Å². The number of carbonyl (C=O) groups is 1. The van der Waals surface area contributed by atoms with Crippen molar-refractivity contribution < 1.29 is 14.3 Å². The summed E-state index contributed by atoms with van der Waals surface area (Å²) >= 11 is 5.93. The fourth-order valence-corrected chi connectivity index (χ4v) is 3.07. The minimum absolute atomic E-state index is 0.297. The van der Waals surface area contributed by atoms with E-state index in [1.165, 1.54) is 0 Å². The molecule has 0 saturated heterocycles. The van der Waals surface area contributed by atoms with Crippen LogP contribution in [-0.4, -0.2) is 36.8 Å². The van der Waals surface area contributed by atoms with Gasteiger partial charge in [-0.05, 0) is 31.2 Å². The highest BCUT2D eigenvalue weighted by atomic mass is 35.5. The van der Waals surface area contributed by atoms with Crippen molar-refractivity contribution in [1.29, 1.82) is 0 Å². The number of esters is 1. The Labute approximate surface area is 142 Å². The molecule has 2 aromatic rings. The number of aromatic nitrogens is 2. The number of pyridine rings is 1. The van der Waals surface area contributed by atoms with Crippen LogP contribution in [0, 0.1) is 0 Å². The van der Waals surface area contributed by atoms with E-state index in [1.54, 1.807) is 23.6 Å². The maximum atomic E-state index is 12.2.